The number of pyridine rings is 1. The van der Waals surface area contributed by atoms with Crippen molar-refractivity contribution in [3.8, 4) is 33.8 Å². The molecule has 4 aliphatic heterocycles. The SMILES string of the molecule is CC(C)(C)c1ccnc(N2c3ccccc3-c3ccccc3-c3ccc(Oc4cccc(N5CN(c6c(N7c8ccccc8C(C)(C)c8ccccc87)cc(C(C)(C)C)cc6N6c7ccccc7C(C)(C)c7ccccc76)c6ccccc65)c4)cc32)c1. The highest BCUT2D eigenvalue weighted by Crippen LogP contribution is 2.62. The lowest BCUT2D eigenvalue weighted by molar-refractivity contribution is 0.483. The Bertz CT molecular complexity index is 4330. The molecule has 0 radical (unpaired) electrons. The first-order valence-corrected chi connectivity index (χ1v) is 30.6. The summed E-state index contributed by atoms with van der Waals surface area (Å²) < 4.78 is 7.13. The maximum atomic E-state index is 7.13. The van der Waals surface area contributed by atoms with E-state index in [-0.39, 0.29) is 21.7 Å². The van der Waals surface area contributed by atoms with Crippen LogP contribution in [0.5, 0.6) is 11.5 Å². The van der Waals surface area contributed by atoms with Gasteiger partial charge in [-0.25, -0.2) is 4.98 Å². The van der Waals surface area contributed by atoms with Gasteiger partial charge < -0.3 is 24.3 Å². The molecule has 87 heavy (non-hydrogen) atoms. The van der Waals surface area contributed by atoms with Gasteiger partial charge in [0.25, 0.3) is 0 Å². The van der Waals surface area contributed by atoms with Crippen LogP contribution in [0.25, 0.3) is 22.3 Å². The molecular weight excluding hydrogens is 1060 g/mol. The second kappa shape index (κ2) is 19.9. The van der Waals surface area contributed by atoms with Gasteiger partial charge in [-0.15, -0.1) is 0 Å². The van der Waals surface area contributed by atoms with Gasteiger partial charge in [0.2, 0.25) is 0 Å². The van der Waals surface area contributed by atoms with E-state index in [4.69, 9.17) is 9.72 Å². The highest BCUT2D eigenvalue weighted by molar-refractivity contribution is 6.05. The van der Waals surface area contributed by atoms with E-state index >= 15 is 0 Å². The molecule has 0 aliphatic carbocycles. The molecule has 0 fully saturated rings. The number of hydrogen-bond donors (Lipinski definition) is 0. The van der Waals surface area contributed by atoms with Crippen molar-refractivity contribution in [2.24, 2.45) is 0 Å². The van der Waals surface area contributed by atoms with Gasteiger partial charge >= 0.3 is 0 Å². The Morgan fingerprint density at radius 2 is 0.782 bits per heavy atom. The zero-order chi connectivity index (χ0) is 59.7. The number of rotatable bonds is 7. The van der Waals surface area contributed by atoms with Gasteiger partial charge in [-0.05, 0) is 146 Å². The lowest BCUT2D eigenvalue weighted by Gasteiger charge is -2.46. The summed E-state index contributed by atoms with van der Waals surface area (Å²) in [5, 5.41) is 0. The molecular formula is C80H72N6O. The highest BCUT2D eigenvalue weighted by Gasteiger charge is 2.44. The molecule has 15 rings (SSSR count). The fourth-order valence-corrected chi connectivity index (χ4v) is 14.2. The van der Waals surface area contributed by atoms with Gasteiger partial charge in [-0.1, -0.05) is 203 Å². The number of benzene rings is 10. The molecule has 428 valence electrons. The van der Waals surface area contributed by atoms with E-state index in [1.54, 1.807) is 0 Å². The van der Waals surface area contributed by atoms with Crippen molar-refractivity contribution in [2.75, 3.05) is 31.2 Å². The zero-order valence-electron chi connectivity index (χ0n) is 51.4. The predicted molar refractivity (Wildman–Crippen MR) is 363 cm³/mol. The Morgan fingerprint density at radius 3 is 1.30 bits per heavy atom. The number of anilines is 13. The minimum Gasteiger partial charge on any atom is -0.457 e. The van der Waals surface area contributed by atoms with Crippen molar-refractivity contribution >= 4 is 74.1 Å². The summed E-state index contributed by atoms with van der Waals surface area (Å²) in [5.41, 5.74) is 24.8. The normalized spacial score (nSPS) is 15.0. The predicted octanol–water partition coefficient (Wildman–Crippen LogP) is 22.1. The molecule has 0 bridgehead atoms. The topological polar surface area (TPSA) is 38.3 Å². The van der Waals surface area contributed by atoms with Crippen molar-refractivity contribution in [1.29, 1.82) is 0 Å². The fraction of sp³-hybridized carbons (Fsp3) is 0.188. The molecule has 7 heteroatoms. The lowest BCUT2D eigenvalue weighted by Crippen LogP contribution is -2.34. The Kier molecular flexibility index (Phi) is 12.3. The monoisotopic (exact) mass is 1130 g/mol. The van der Waals surface area contributed by atoms with Crippen molar-refractivity contribution in [1.82, 2.24) is 4.98 Å². The molecule has 10 aromatic carbocycles. The van der Waals surface area contributed by atoms with Gasteiger partial charge in [0.05, 0.1) is 62.6 Å². The van der Waals surface area contributed by atoms with Crippen LogP contribution in [0, 0.1) is 0 Å². The Balaban J connectivity index is 0.900. The highest BCUT2D eigenvalue weighted by atomic mass is 16.5. The number of nitrogens with zero attached hydrogens (tertiary/aromatic N) is 6. The first kappa shape index (κ1) is 53.8. The van der Waals surface area contributed by atoms with E-state index in [2.05, 4.69) is 330 Å². The summed E-state index contributed by atoms with van der Waals surface area (Å²) in [4.78, 5) is 17.6. The van der Waals surface area contributed by atoms with Gasteiger partial charge in [-0.2, -0.15) is 0 Å². The summed E-state index contributed by atoms with van der Waals surface area (Å²) in [7, 11) is 0. The standard InChI is InChI=1S/C80H72N6O/c1-77(2,3)52-44-45-81-75(48-52)86-65-35-18-13-30-59(65)57-28-11-12-29-58(57)60-43-42-56(50-72(60)86)87-55-27-25-26-54(49-55)82-51-83(71-41-24-23-40-70(71)82)76-73(84-66-36-19-14-31-61(66)79(7,8)62-32-15-20-37-67(62)84)46-53(78(4,5)6)47-74(76)85-68-38-21-16-33-63(68)80(9,10)64-34-17-22-39-69(64)85/h11-50H,51H2,1-10H3. The molecule has 0 atom stereocenters. The van der Waals surface area contributed by atoms with Gasteiger partial charge in [0, 0.05) is 46.0 Å². The largest absolute Gasteiger partial charge is 0.457 e. The first-order valence-electron chi connectivity index (χ1n) is 30.6. The third-order valence-corrected chi connectivity index (χ3v) is 18.8. The van der Waals surface area contributed by atoms with Crippen molar-refractivity contribution in [3.05, 3.63) is 276 Å². The van der Waals surface area contributed by atoms with Crippen LogP contribution >= 0.6 is 0 Å². The number of aromatic nitrogens is 1. The molecule has 11 aromatic rings. The van der Waals surface area contributed by atoms with Crippen LogP contribution in [-0.2, 0) is 21.7 Å². The fourth-order valence-electron chi connectivity index (χ4n) is 14.2. The summed E-state index contributed by atoms with van der Waals surface area (Å²) >= 11 is 0. The molecule has 1 aromatic heterocycles. The molecule has 4 aliphatic rings. The smallest absolute Gasteiger partial charge is 0.137 e. The van der Waals surface area contributed by atoms with E-state index in [0.717, 1.165) is 79.5 Å². The minimum atomic E-state index is -0.251. The van der Waals surface area contributed by atoms with Crippen LogP contribution in [0.2, 0.25) is 0 Å². The van der Waals surface area contributed by atoms with E-state index < -0.39 is 0 Å². The third-order valence-electron chi connectivity index (χ3n) is 18.8. The van der Waals surface area contributed by atoms with Crippen molar-refractivity contribution in [2.45, 2.75) is 90.9 Å². The Labute approximate surface area is 513 Å². The quantitative estimate of drug-likeness (QED) is 0.157. The average molecular weight is 1130 g/mol. The molecule has 7 nitrogen and oxygen atoms in total. The van der Waals surface area contributed by atoms with Crippen molar-refractivity contribution < 1.29 is 4.74 Å². The number of fused-ring (bicyclic) bond motifs is 10. The molecule has 0 saturated heterocycles. The van der Waals surface area contributed by atoms with E-state index in [1.807, 2.05) is 6.20 Å². The summed E-state index contributed by atoms with van der Waals surface area (Å²) in [5.74, 6) is 2.32. The molecule has 5 heterocycles. The molecule has 0 unspecified atom stereocenters. The summed E-state index contributed by atoms with van der Waals surface area (Å²) in [6.07, 6.45) is 1.95. The van der Waals surface area contributed by atoms with Crippen LogP contribution in [-0.4, -0.2) is 11.7 Å². The second-order valence-corrected chi connectivity index (χ2v) is 26.9. The van der Waals surface area contributed by atoms with Gasteiger partial charge in [0.1, 0.15) is 24.0 Å². The molecule has 0 N–H and O–H groups in total. The minimum absolute atomic E-state index is 0.0777. The maximum Gasteiger partial charge on any atom is 0.137 e. The van der Waals surface area contributed by atoms with Crippen LogP contribution < -0.4 is 29.2 Å². The Morgan fingerprint density at radius 1 is 0.345 bits per heavy atom. The van der Waals surface area contributed by atoms with E-state index in [9.17, 15) is 0 Å². The van der Waals surface area contributed by atoms with Gasteiger partial charge in [-0.3, -0.25) is 4.90 Å². The van der Waals surface area contributed by atoms with E-state index in [1.165, 1.54) is 61.7 Å². The molecule has 0 saturated carbocycles. The lowest BCUT2D eigenvalue weighted by atomic mass is 9.73. The Hall–Kier alpha value is -9.85. The average Bonchev–Trinajstić information content (AvgIpc) is 1.57. The number of para-hydroxylation sites is 7. The van der Waals surface area contributed by atoms with Crippen LogP contribution in [0.15, 0.2) is 243 Å². The second-order valence-electron chi connectivity index (χ2n) is 26.9. The van der Waals surface area contributed by atoms with Crippen molar-refractivity contribution in [3.63, 3.8) is 0 Å². The number of hydrogen-bond acceptors (Lipinski definition) is 7. The van der Waals surface area contributed by atoms with Crippen LogP contribution in [0.4, 0.5) is 74.1 Å². The van der Waals surface area contributed by atoms with Crippen LogP contribution in [0.1, 0.15) is 103 Å². The molecule has 0 spiro atoms. The number of ether oxygens (including phenoxy) is 1. The van der Waals surface area contributed by atoms with Gasteiger partial charge in [0.15, 0.2) is 0 Å². The molecule has 0 amide bonds. The zero-order valence-corrected chi connectivity index (χ0v) is 51.4. The summed E-state index contributed by atoms with van der Waals surface area (Å²) in [6, 6.07) is 87.1. The first-order chi connectivity index (χ1) is 41.9. The third kappa shape index (κ3) is 8.64. The van der Waals surface area contributed by atoms with Crippen LogP contribution in [0.3, 0.4) is 0 Å². The maximum absolute atomic E-state index is 7.13. The van der Waals surface area contributed by atoms with E-state index in [0.29, 0.717) is 6.67 Å². The summed E-state index contributed by atoms with van der Waals surface area (Å²) in [6.45, 7) is 23.8.